The molecule has 0 spiro atoms. The van der Waals surface area contributed by atoms with E-state index in [1.54, 1.807) is 0 Å². The Morgan fingerprint density at radius 2 is 2.13 bits per heavy atom. The molecule has 1 aromatic carbocycles. The van der Waals surface area contributed by atoms with Gasteiger partial charge in [-0.05, 0) is 43.1 Å². The smallest absolute Gasteiger partial charge is 0.0454 e. The highest BCUT2D eigenvalue weighted by molar-refractivity contribution is 9.10. The van der Waals surface area contributed by atoms with Gasteiger partial charge in [-0.3, -0.25) is 0 Å². The van der Waals surface area contributed by atoms with Crippen molar-refractivity contribution in [1.29, 1.82) is 0 Å². The van der Waals surface area contributed by atoms with E-state index in [9.17, 15) is 0 Å². The molecule has 0 fully saturated rings. The Kier molecular flexibility index (Phi) is 5.65. The summed E-state index contributed by atoms with van der Waals surface area (Å²) in [7, 11) is 0. The van der Waals surface area contributed by atoms with Crippen molar-refractivity contribution in [2.75, 3.05) is 6.54 Å². The second kappa shape index (κ2) is 6.51. The van der Waals surface area contributed by atoms with Crippen LogP contribution in [0, 0.1) is 0 Å². The standard InChI is InChI=1S/C12H17BrClN/c1-3-7-15-12(4-2)10-8-9(13)5-6-11(10)14/h5-6,8,12,15H,3-4,7H2,1-2H3. The highest BCUT2D eigenvalue weighted by atomic mass is 79.9. The molecule has 1 atom stereocenters. The van der Waals surface area contributed by atoms with Crippen molar-refractivity contribution < 1.29 is 0 Å². The fourth-order valence-corrected chi connectivity index (χ4v) is 2.20. The van der Waals surface area contributed by atoms with E-state index in [-0.39, 0.29) is 0 Å². The molecule has 3 heteroatoms. The molecule has 0 bridgehead atoms. The minimum atomic E-state index is 0.356. The first-order valence-electron chi connectivity index (χ1n) is 5.37. The van der Waals surface area contributed by atoms with Crippen molar-refractivity contribution in [3.05, 3.63) is 33.3 Å². The first-order chi connectivity index (χ1) is 7.19. The Morgan fingerprint density at radius 1 is 1.40 bits per heavy atom. The van der Waals surface area contributed by atoms with E-state index in [0.29, 0.717) is 6.04 Å². The Labute approximate surface area is 105 Å². The number of halogens is 2. The summed E-state index contributed by atoms with van der Waals surface area (Å²) in [5, 5.41) is 4.34. The molecule has 0 amide bonds. The second-order valence-corrected chi connectivity index (χ2v) is 4.90. The van der Waals surface area contributed by atoms with Crippen LogP contribution in [0.4, 0.5) is 0 Å². The van der Waals surface area contributed by atoms with Crippen molar-refractivity contribution in [2.45, 2.75) is 32.7 Å². The van der Waals surface area contributed by atoms with Gasteiger partial charge in [-0.1, -0.05) is 41.4 Å². The molecule has 0 saturated heterocycles. The van der Waals surface area contributed by atoms with Crippen molar-refractivity contribution in [3.8, 4) is 0 Å². The summed E-state index contributed by atoms with van der Waals surface area (Å²) in [5.74, 6) is 0. The topological polar surface area (TPSA) is 12.0 Å². The predicted octanol–water partition coefficient (Wildman–Crippen LogP) is 4.55. The maximum atomic E-state index is 6.19. The molecule has 0 aromatic heterocycles. The average molecular weight is 291 g/mol. The van der Waals surface area contributed by atoms with Crippen LogP contribution in [0.1, 0.15) is 38.3 Å². The lowest BCUT2D eigenvalue weighted by Gasteiger charge is -2.18. The van der Waals surface area contributed by atoms with Crippen LogP contribution in [0.2, 0.25) is 5.02 Å². The van der Waals surface area contributed by atoms with Crippen LogP contribution in [0.5, 0.6) is 0 Å². The molecule has 1 nitrogen and oxygen atoms in total. The summed E-state index contributed by atoms with van der Waals surface area (Å²) < 4.78 is 1.08. The fourth-order valence-electron chi connectivity index (χ4n) is 1.57. The quantitative estimate of drug-likeness (QED) is 0.838. The predicted molar refractivity (Wildman–Crippen MR) is 70.5 cm³/mol. The lowest BCUT2D eigenvalue weighted by molar-refractivity contribution is 0.518. The highest BCUT2D eigenvalue weighted by Crippen LogP contribution is 2.28. The van der Waals surface area contributed by atoms with Crippen LogP contribution in [0.3, 0.4) is 0 Å². The summed E-state index contributed by atoms with van der Waals surface area (Å²) >= 11 is 9.66. The molecule has 0 aliphatic carbocycles. The maximum Gasteiger partial charge on any atom is 0.0454 e. The zero-order valence-electron chi connectivity index (χ0n) is 9.19. The van der Waals surface area contributed by atoms with Gasteiger partial charge in [0.1, 0.15) is 0 Å². The Hall–Kier alpha value is -0.0500. The molecule has 1 unspecified atom stereocenters. The monoisotopic (exact) mass is 289 g/mol. The molecular weight excluding hydrogens is 273 g/mol. The van der Waals surface area contributed by atoms with Gasteiger partial charge in [0, 0.05) is 15.5 Å². The second-order valence-electron chi connectivity index (χ2n) is 3.58. The third-order valence-electron chi connectivity index (χ3n) is 2.38. The van der Waals surface area contributed by atoms with Crippen molar-refractivity contribution in [1.82, 2.24) is 5.32 Å². The Balaban J connectivity index is 2.85. The summed E-state index contributed by atoms with van der Waals surface area (Å²) in [5.41, 5.74) is 1.18. The lowest BCUT2D eigenvalue weighted by Crippen LogP contribution is -2.21. The highest BCUT2D eigenvalue weighted by Gasteiger charge is 2.11. The summed E-state index contributed by atoms with van der Waals surface area (Å²) in [6.07, 6.45) is 2.19. The number of hydrogen-bond donors (Lipinski definition) is 1. The third kappa shape index (κ3) is 3.78. The molecule has 0 radical (unpaired) electrons. The van der Waals surface area contributed by atoms with Crippen LogP contribution in [0.25, 0.3) is 0 Å². The molecule has 1 N–H and O–H groups in total. The van der Waals surface area contributed by atoms with Crippen molar-refractivity contribution in [3.63, 3.8) is 0 Å². The largest absolute Gasteiger partial charge is 0.310 e. The summed E-state index contributed by atoms with van der Waals surface area (Å²) in [4.78, 5) is 0. The molecule has 0 heterocycles. The normalized spacial score (nSPS) is 12.8. The van der Waals surface area contributed by atoms with Gasteiger partial charge in [-0.25, -0.2) is 0 Å². The molecule has 84 valence electrons. The summed E-state index contributed by atoms with van der Waals surface area (Å²) in [6.45, 7) is 5.37. The van der Waals surface area contributed by atoms with Gasteiger partial charge < -0.3 is 5.32 Å². The maximum absolute atomic E-state index is 6.19. The lowest BCUT2D eigenvalue weighted by atomic mass is 10.0. The van der Waals surface area contributed by atoms with Gasteiger partial charge in [-0.15, -0.1) is 0 Å². The van der Waals surface area contributed by atoms with E-state index in [1.165, 1.54) is 5.56 Å². The molecule has 1 aromatic rings. The molecular formula is C12H17BrClN. The van der Waals surface area contributed by atoms with Crippen molar-refractivity contribution >= 4 is 27.5 Å². The van der Waals surface area contributed by atoms with Crippen LogP contribution in [0.15, 0.2) is 22.7 Å². The van der Waals surface area contributed by atoms with Crippen LogP contribution >= 0.6 is 27.5 Å². The van der Waals surface area contributed by atoms with Gasteiger partial charge in [0.2, 0.25) is 0 Å². The zero-order valence-corrected chi connectivity index (χ0v) is 11.5. The average Bonchev–Trinajstić information content (AvgIpc) is 2.24. The van der Waals surface area contributed by atoms with Crippen LogP contribution in [-0.2, 0) is 0 Å². The minimum absolute atomic E-state index is 0.356. The van der Waals surface area contributed by atoms with E-state index >= 15 is 0 Å². The number of benzene rings is 1. The van der Waals surface area contributed by atoms with Crippen LogP contribution in [-0.4, -0.2) is 6.54 Å². The molecule has 0 aliphatic rings. The van der Waals surface area contributed by atoms with E-state index in [2.05, 4.69) is 41.2 Å². The van der Waals surface area contributed by atoms with E-state index in [0.717, 1.165) is 28.9 Å². The minimum Gasteiger partial charge on any atom is -0.310 e. The number of nitrogens with one attached hydrogen (secondary N) is 1. The Bertz CT molecular complexity index is 314. The SMILES string of the molecule is CCCNC(CC)c1cc(Br)ccc1Cl. The van der Waals surface area contributed by atoms with Gasteiger partial charge in [0.15, 0.2) is 0 Å². The van der Waals surface area contributed by atoms with Gasteiger partial charge in [0.05, 0.1) is 0 Å². The number of hydrogen-bond acceptors (Lipinski definition) is 1. The Morgan fingerprint density at radius 3 is 2.73 bits per heavy atom. The van der Waals surface area contributed by atoms with Crippen molar-refractivity contribution in [2.24, 2.45) is 0 Å². The molecule has 15 heavy (non-hydrogen) atoms. The first-order valence-corrected chi connectivity index (χ1v) is 6.54. The van der Waals surface area contributed by atoms with E-state index in [4.69, 9.17) is 11.6 Å². The van der Waals surface area contributed by atoms with Crippen LogP contribution < -0.4 is 5.32 Å². The van der Waals surface area contributed by atoms with E-state index < -0.39 is 0 Å². The first kappa shape index (κ1) is 13.0. The molecule has 0 aliphatic heterocycles. The fraction of sp³-hybridized carbons (Fsp3) is 0.500. The molecule has 1 rings (SSSR count). The third-order valence-corrected chi connectivity index (χ3v) is 3.22. The zero-order chi connectivity index (χ0) is 11.3. The van der Waals surface area contributed by atoms with Gasteiger partial charge >= 0.3 is 0 Å². The van der Waals surface area contributed by atoms with Gasteiger partial charge in [0.25, 0.3) is 0 Å². The summed E-state index contributed by atoms with van der Waals surface area (Å²) in [6, 6.07) is 6.37. The van der Waals surface area contributed by atoms with E-state index in [1.807, 2.05) is 12.1 Å². The van der Waals surface area contributed by atoms with Gasteiger partial charge in [-0.2, -0.15) is 0 Å². The number of rotatable bonds is 5. The molecule has 0 saturated carbocycles.